The van der Waals surface area contributed by atoms with Crippen LogP contribution in [0.4, 0.5) is 30.8 Å². The number of halogens is 2. The van der Waals surface area contributed by atoms with Gasteiger partial charge in [0.2, 0.25) is 0 Å². The molecule has 4 aromatic rings. The van der Waals surface area contributed by atoms with Crippen LogP contribution in [0.25, 0.3) is 5.52 Å². The van der Waals surface area contributed by atoms with Gasteiger partial charge in [0, 0.05) is 23.0 Å². The summed E-state index contributed by atoms with van der Waals surface area (Å²) >= 11 is 0. The van der Waals surface area contributed by atoms with Crippen LogP contribution in [0.2, 0.25) is 0 Å². The van der Waals surface area contributed by atoms with Crippen LogP contribution in [0.5, 0.6) is 0 Å². The highest BCUT2D eigenvalue weighted by atomic mass is 19.1. The molecule has 4 N–H and O–H groups in total. The summed E-state index contributed by atoms with van der Waals surface area (Å²) in [6.07, 6.45) is 1.33. The van der Waals surface area contributed by atoms with Gasteiger partial charge < -0.3 is 16.4 Å². The average molecular weight is 450 g/mol. The maximum atomic E-state index is 13.8. The second kappa shape index (κ2) is 8.65. The Bertz CT molecular complexity index is 1380. The molecule has 2 aromatic carbocycles. The number of hydrogen-bond acceptors (Lipinski definition) is 5. The maximum absolute atomic E-state index is 13.8. The highest BCUT2D eigenvalue weighted by Gasteiger charge is 2.22. The van der Waals surface area contributed by atoms with E-state index in [1.165, 1.54) is 12.4 Å². The zero-order valence-electron chi connectivity index (χ0n) is 17.8. The van der Waals surface area contributed by atoms with Gasteiger partial charge in [0.05, 0.1) is 11.3 Å². The van der Waals surface area contributed by atoms with Crippen molar-refractivity contribution in [3.05, 3.63) is 83.3 Å². The van der Waals surface area contributed by atoms with Crippen LogP contribution in [0.3, 0.4) is 0 Å². The number of carbonyl (C=O) groups is 2. The normalized spacial score (nSPS) is 11.1. The third-order valence-corrected chi connectivity index (χ3v) is 5.01. The Morgan fingerprint density at radius 1 is 1.06 bits per heavy atom. The van der Waals surface area contributed by atoms with Gasteiger partial charge in [0.15, 0.2) is 11.6 Å². The molecule has 8 nitrogen and oxygen atoms in total. The first kappa shape index (κ1) is 21.9. The fraction of sp³-hybridized carbons (Fsp3) is 0.130. The Morgan fingerprint density at radius 2 is 1.85 bits per heavy atom. The van der Waals surface area contributed by atoms with Crippen molar-refractivity contribution in [3.63, 3.8) is 0 Å². The van der Waals surface area contributed by atoms with E-state index in [0.717, 1.165) is 23.9 Å². The number of anilines is 3. The van der Waals surface area contributed by atoms with Gasteiger partial charge in [0.1, 0.15) is 23.5 Å². The molecule has 168 valence electrons. The first-order valence-corrected chi connectivity index (χ1v) is 10.0. The Hall–Kier alpha value is -4.34. The van der Waals surface area contributed by atoms with Crippen molar-refractivity contribution in [2.45, 2.75) is 19.8 Å². The van der Waals surface area contributed by atoms with Gasteiger partial charge in [-0.25, -0.2) is 23.1 Å². The molecule has 0 bridgehead atoms. The number of nitrogens with two attached hydrogens (primary N) is 1. The summed E-state index contributed by atoms with van der Waals surface area (Å²) < 4.78 is 28.7. The highest BCUT2D eigenvalue weighted by molar-refractivity contribution is 6.15. The topological polar surface area (TPSA) is 114 Å². The van der Waals surface area contributed by atoms with Crippen molar-refractivity contribution in [3.8, 4) is 0 Å². The molecule has 0 saturated heterocycles. The number of amides is 2. The van der Waals surface area contributed by atoms with Gasteiger partial charge in [-0.15, -0.1) is 0 Å². The number of nitrogens with zero attached hydrogens (tertiary/aromatic N) is 3. The van der Waals surface area contributed by atoms with Crippen LogP contribution < -0.4 is 16.4 Å². The minimum absolute atomic E-state index is 0.0771. The standard InChI is InChI=1S/C23H20F2N6O2/c1-12(2)19-10-16(20-22(26)27-11-28-31(19)20)21(32)13-4-3-5-15(8-13)29-23(33)30-18-9-14(24)6-7-17(18)25/h3-12H,1-2H3,(H2,26,27,28)(H2,29,30,33). The lowest BCUT2D eigenvalue weighted by atomic mass is 10.0. The van der Waals surface area contributed by atoms with Crippen molar-refractivity contribution < 1.29 is 18.4 Å². The lowest BCUT2D eigenvalue weighted by Gasteiger charge is -2.10. The molecule has 33 heavy (non-hydrogen) atoms. The molecule has 0 atom stereocenters. The molecular weight excluding hydrogens is 430 g/mol. The SMILES string of the molecule is CC(C)c1cc(C(=O)c2cccc(NC(=O)Nc3cc(F)ccc3F)c2)c2c(N)ncnn12. The Kier molecular flexibility index (Phi) is 5.74. The van der Waals surface area contributed by atoms with Gasteiger partial charge >= 0.3 is 6.03 Å². The summed E-state index contributed by atoms with van der Waals surface area (Å²) in [4.78, 5) is 29.6. The van der Waals surface area contributed by atoms with E-state index in [9.17, 15) is 18.4 Å². The lowest BCUT2D eigenvalue weighted by molar-refractivity contribution is 0.104. The predicted octanol–water partition coefficient (Wildman–Crippen LogP) is 4.59. The first-order valence-electron chi connectivity index (χ1n) is 10.0. The Balaban J connectivity index is 1.61. The van der Waals surface area contributed by atoms with Gasteiger partial charge in [-0.3, -0.25) is 4.79 Å². The molecular formula is C23H20F2N6O2. The number of urea groups is 1. The van der Waals surface area contributed by atoms with Crippen LogP contribution in [0.1, 0.15) is 41.4 Å². The second-order valence-corrected chi connectivity index (χ2v) is 7.66. The van der Waals surface area contributed by atoms with E-state index in [1.807, 2.05) is 13.8 Å². The molecule has 0 saturated carbocycles. The van der Waals surface area contributed by atoms with Gasteiger partial charge in [-0.05, 0) is 36.2 Å². The molecule has 0 spiro atoms. The monoisotopic (exact) mass is 450 g/mol. The van der Waals surface area contributed by atoms with Crippen molar-refractivity contribution in [1.29, 1.82) is 0 Å². The molecule has 2 heterocycles. The molecule has 0 aliphatic carbocycles. The van der Waals surface area contributed by atoms with Crippen molar-refractivity contribution in [2.75, 3.05) is 16.4 Å². The Labute approximate surface area is 187 Å². The summed E-state index contributed by atoms with van der Waals surface area (Å²) in [6.45, 7) is 3.94. The van der Waals surface area contributed by atoms with Gasteiger partial charge in [-0.1, -0.05) is 26.0 Å². The van der Waals surface area contributed by atoms with Crippen molar-refractivity contribution in [1.82, 2.24) is 14.6 Å². The molecule has 0 unspecified atom stereocenters. The maximum Gasteiger partial charge on any atom is 0.323 e. The number of ketones is 1. The number of fused-ring (bicyclic) bond motifs is 1. The quantitative estimate of drug-likeness (QED) is 0.385. The molecule has 0 radical (unpaired) electrons. The number of nitrogens with one attached hydrogen (secondary N) is 2. The molecule has 0 aliphatic rings. The van der Waals surface area contributed by atoms with Gasteiger partial charge in [0.25, 0.3) is 0 Å². The Morgan fingerprint density at radius 3 is 2.61 bits per heavy atom. The predicted molar refractivity (Wildman–Crippen MR) is 120 cm³/mol. The zero-order chi connectivity index (χ0) is 23.7. The van der Waals surface area contributed by atoms with Gasteiger partial charge in [-0.2, -0.15) is 5.10 Å². The van der Waals surface area contributed by atoms with Crippen LogP contribution >= 0.6 is 0 Å². The number of benzene rings is 2. The lowest BCUT2D eigenvalue weighted by Crippen LogP contribution is -2.20. The minimum atomic E-state index is -0.793. The number of rotatable bonds is 5. The van der Waals surface area contributed by atoms with Crippen molar-refractivity contribution in [2.24, 2.45) is 0 Å². The van der Waals surface area contributed by atoms with E-state index < -0.39 is 17.7 Å². The zero-order valence-corrected chi connectivity index (χ0v) is 17.8. The average Bonchev–Trinajstić information content (AvgIpc) is 3.17. The summed E-state index contributed by atoms with van der Waals surface area (Å²) in [5.41, 5.74) is 7.83. The molecule has 10 heteroatoms. The molecule has 0 fully saturated rings. The van der Waals surface area contributed by atoms with Crippen LogP contribution in [0, 0.1) is 11.6 Å². The smallest absolute Gasteiger partial charge is 0.323 e. The van der Waals surface area contributed by atoms with E-state index in [-0.39, 0.29) is 34.5 Å². The number of hydrogen-bond donors (Lipinski definition) is 3. The molecule has 4 rings (SSSR count). The van der Waals surface area contributed by atoms with E-state index >= 15 is 0 Å². The summed E-state index contributed by atoms with van der Waals surface area (Å²) in [6, 6.07) is 9.88. The van der Waals surface area contributed by atoms with E-state index in [2.05, 4.69) is 20.7 Å². The number of nitrogen functional groups attached to an aromatic ring is 1. The third kappa shape index (κ3) is 4.36. The largest absolute Gasteiger partial charge is 0.382 e. The van der Waals surface area contributed by atoms with Crippen LogP contribution in [-0.2, 0) is 0 Å². The third-order valence-electron chi connectivity index (χ3n) is 5.01. The summed E-state index contributed by atoms with van der Waals surface area (Å²) in [5, 5.41) is 8.97. The summed E-state index contributed by atoms with van der Waals surface area (Å²) in [5.74, 6) is -1.56. The first-order chi connectivity index (χ1) is 15.7. The molecule has 2 amide bonds. The number of aromatic nitrogens is 3. The van der Waals surface area contributed by atoms with E-state index in [1.54, 1.807) is 28.8 Å². The van der Waals surface area contributed by atoms with E-state index in [0.29, 0.717) is 11.1 Å². The molecule has 0 aliphatic heterocycles. The van der Waals surface area contributed by atoms with Crippen LogP contribution in [0.15, 0.2) is 54.9 Å². The van der Waals surface area contributed by atoms with E-state index in [4.69, 9.17) is 5.73 Å². The highest BCUT2D eigenvalue weighted by Crippen LogP contribution is 2.27. The molecule has 2 aromatic heterocycles. The fourth-order valence-corrected chi connectivity index (χ4v) is 3.45. The number of carbonyl (C=O) groups excluding carboxylic acids is 2. The van der Waals surface area contributed by atoms with Crippen molar-refractivity contribution >= 4 is 34.5 Å². The van der Waals surface area contributed by atoms with Crippen LogP contribution in [-0.4, -0.2) is 26.4 Å². The summed E-state index contributed by atoms with van der Waals surface area (Å²) in [7, 11) is 0. The minimum Gasteiger partial charge on any atom is -0.382 e. The second-order valence-electron chi connectivity index (χ2n) is 7.66. The fourth-order valence-electron chi connectivity index (χ4n) is 3.45.